The van der Waals surface area contributed by atoms with Crippen LogP contribution in [0.4, 0.5) is 5.82 Å². The molecule has 22 heavy (non-hydrogen) atoms. The van der Waals surface area contributed by atoms with Gasteiger partial charge in [-0.05, 0) is 33.6 Å². The first-order valence-corrected chi connectivity index (χ1v) is 6.99. The van der Waals surface area contributed by atoms with E-state index in [0.29, 0.717) is 19.4 Å². The maximum Gasteiger partial charge on any atom is 0.358 e. The molecule has 1 saturated heterocycles. The number of nitrogens with zero attached hydrogens (tertiary/aromatic N) is 3. The molecule has 1 aromatic rings. The minimum atomic E-state index is -1.44. The molecular weight excluding hydrogens is 288 g/mol. The van der Waals surface area contributed by atoms with Crippen LogP contribution in [0.2, 0.25) is 0 Å². The highest BCUT2D eigenvalue weighted by molar-refractivity contribution is 5.93. The quantitative estimate of drug-likeness (QED) is 0.786. The number of hydrogen-bond acceptors (Lipinski definition) is 7. The molecule has 0 saturated carbocycles. The Bertz CT molecular complexity index is 599. The van der Waals surface area contributed by atoms with Gasteiger partial charge in [-0.15, -0.1) is 0 Å². The van der Waals surface area contributed by atoms with Crippen LogP contribution in [0.15, 0.2) is 12.4 Å². The molecule has 2 heterocycles. The van der Waals surface area contributed by atoms with E-state index in [2.05, 4.69) is 9.97 Å². The van der Waals surface area contributed by atoms with Crippen LogP contribution < -0.4 is 10.6 Å². The lowest BCUT2D eigenvalue weighted by molar-refractivity contribution is -0.161. The molecular formula is C14H20N4O4. The van der Waals surface area contributed by atoms with Gasteiger partial charge in [-0.1, -0.05) is 0 Å². The highest BCUT2D eigenvalue weighted by atomic mass is 16.6. The first-order chi connectivity index (χ1) is 10.1. The largest absolute Gasteiger partial charge is 0.476 e. The van der Waals surface area contributed by atoms with Crippen molar-refractivity contribution in [2.45, 2.75) is 44.9 Å². The van der Waals surface area contributed by atoms with Crippen molar-refractivity contribution < 1.29 is 19.4 Å². The number of aromatic carboxylic acids is 1. The molecule has 1 aliphatic rings. The van der Waals surface area contributed by atoms with Crippen LogP contribution in [-0.4, -0.2) is 44.8 Å². The van der Waals surface area contributed by atoms with E-state index in [0.717, 1.165) is 0 Å². The average molecular weight is 308 g/mol. The summed E-state index contributed by atoms with van der Waals surface area (Å²) in [5.41, 5.74) is 3.89. The van der Waals surface area contributed by atoms with Crippen molar-refractivity contribution in [2.75, 3.05) is 11.4 Å². The fourth-order valence-corrected chi connectivity index (χ4v) is 2.39. The molecule has 0 spiro atoms. The zero-order valence-electron chi connectivity index (χ0n) is 12.9. The van der Waals surface area contributed by atoms with Crippen LogP contribution in [0.25, 0.3) is 0 Å². The van der Waals surface area contributed by atoms with E-state index in [1.54, 1.807) is 20.8 Å². The minimum absolute atomic E-state index is 0.0841. The summed E-state index contributed by atoms with van der Waals surface area (Å²) < 4.78 is 5.38. The molecule has 8 heteroatoms. The zero-order chi connectivity index (χ0) is 16.5. The molecule has 1 aliphatic heterocycles. The van der Waals surface area contributed by atoms with E-state index < -0.39 is 23.2 Å². The van der Waals surface area contributed by atoms with E-state index in [9.17, 15) is 14.7 Å². The number of carbonyl (C=O) groups is 2. The summed E-state index contributed by atoms with van der Waals surface area (Å²) in [5.74, 6) is -1.73. The number of carboxylic acid groups (broad SMARTS) is 1. The highest BCUT2D eigenvalue weighted by Gasteiger charge is 2.48. The van der Waals surface area contributed by atoms with Crippen molar-refractivity contribution >= 4 is 17.8 Å². The number of rotatable bonds is 3. The summed E-state index contributed by atoms with van der Waals surface area (Å²) in [6.45, 7) is 5.66. The second kappa shape index (κ2) is 5.53. The monoisotopic (exact) mass is 308 g/mol. The Morgan fingerprint density at radius 2 is 2.00 bits per heavy atom. The van der Waals surface area contributed by atoms with E-state index in [1.807, 2.05) is 0 Å². The van der Waals surface area contributed by atoms with Gasteiger partial charge in [0.2, 0.25) is 0 Å². The summed E-state index contributed by atoms with van der Waals surface area (Å²) >= 11 is 0. The lowest BCUT2D eigenvalue weighted by Gasteiger charge is -2.35. The standard InChI is InChI=1S/C14H20N4O4/c1-13(2,3)22-12(21)14(15)5-4-8-18(14)10-9(11(19)20)16-6-7-17-10/h6-7H,4-5,8,15H2,1-3H3,(H,19,20). The third kappa shape index (κ3) is 3.01. The minimum Gasteiger partial charge on any atom is -0.476 e. The van der Waals surface area contributed by atoms with Crippen LogP contribution in [-0.2, 0) is 9.53 Å². The van der Waals surface area contributed by atoms with Gasteiger partial charge in [-0.25, -0.2) is 19.6 Å². The summed E-state index contributed by atoms with van der Waals surface area (Å²) in [4.78, 5) is 33.1. The lowest BCUT2D eigenvalue weighted by atomic mass is 10.1. The van der Waals surface area contributed by atoms with Gasteiger partial charge in [0.1, 0.15) is 5.60 Å². The number of esters is 1. The Labute approximate surface area is 128 Å². The van der Waals surface area contributed by atoms with E-state index in [-0.39, 0.29) is 11.5 Å². The van der Waals surface area contributed by atoms with Gasteiger partial charge in [0.05, 0.1) is 0 Å². The van der Waals surface area contributed by atoms with Gasteiger partial charge in [0.15, 0.2) is 17.2 Å². The van der Waals surface area contributed by atoms with Crippen molar-refractivity contribution in [1.29, 1.82) is 0 Å². The molecule has 2 rings (SSSR count). The molecule has 0 radical (unpaired) electrons. The molecule has 3 N–H and O–H groups in total. The summed E-state index contributed by atoms with van der Waals surface area (Å²) in [6, 6.07) is 0. The predicted octanol–water partition coefficient (Wildman–Crippen LogP) is 0.772. The van der Waals surface area contributed by atoms with Crippen LogP contribution in [0.5, 0.6) is 0 Å². The maximum absolute atomic E-state index is 12.5. The SMILES string of the molecule is CC(C)(C)OC(=O)C1(N)CCCN1c1nccnc1C(=O)O. The maximum atomic E-state index is 12.5. The normalized spacial score (nSPS) is 21.7. The molecule has 0 aliphatic carbocycles. The molecule has 0 aromatic carbocycles. The third-order valence-electron chi connectivity index (χ3n) is 3.31. The van der Waals surface area contributed by atoms with Gasteiger partial charge >= 0.3 is 11.9 Å². The van der Waals surface area contributed by atoms with Crippen LogP contribution in [0, 0.1) is 0 Å². The molecule has 1 atom stereocenters. The molecule has 0 bridgehead atoms. The van der Waals surface area contributed by atoms with Gasteiger partial charge in [-0.3, -0.25) is 5.73 Å². The Balaban J connectivity index is 2.39. The van der Waals surface area contributed by atoms with Crippen LogP contribution in [0.3, 0.4) is 0 Å². The fourth-order valence-electron chi connectivity index (χ4n) is 2.39. The van der Waals surface area contributed by atoms with Gasteiger partial charge in [-0.2, -0.15) is 0 Å². The van der Waals surface area contributed by atoms with Crippen molar-refractivity contribution in [3.63, 3.8) is 0 Å². The lowest BCUT2D eigenvalue weighted by Crippen LogP contribution is -2.60. The predicted molar refractivity (Wildman–Crippen MR) is 78.3 cm³/mol. The third-order valence-corrected chi connectivity index (χ3v) is 3.31. The van der Waals surface area contributed by atoms with E-state index in [4.69, 9.17) is 10.5 Å². The Hall–Kier alpha value is -2.22. The second-order valence-electron chi connectivity index (χ2n) is 6.22. The summed E-state index contributed by atoms with van der Waals surface area (Å²) in [7, 11) is 0. The first kappa shape index (κ1) is 16.2. The van der Waals surface area contributed by atoms with Gasteiger partial charge in [0, 0.05) is 18.9 Å². The Morgan fingerprint density at radius 3 is 2.59 bits per heavy atom. The molecule has 120 valence electrons. The van der Waals surface area contributed by atoms with Crippen molar-refractivity contribution in [1.82, 2.24) is 9.97 Å². The summed E-state index contributed by atoms with van der Waals surface area (Å²) in [6.07, 6.45) is 3.65. The zero-order valence-corrected chi connectivity index (χ0v) is 12.9. The molecule has 0 amide bonds. The number of aromatic nitrogens is 2. The van der Waals surface area contributed by atoms with E-state index >= 15 is 0 Å². The number of anilines is 1. The average Bonchev–Trinajstić information content (AvgIpc) is 2.80. The van der Waals surface area contributed by atoms with Crippen molar-refractivity contribution in [2.24, 2.45) is 5.73 Å². The molecule has 1 fully saturated rings. The Morgan fingerprint density at radius 1 is 1.36 bits per heavy atom. The van der Waals surface area contributed by atoms with Crippen LogP contribution in [0.1, 0.15) is 44.1 Å². The van der Waals surface area contributed by atoms with Gasteiger partial charge in [0.25, 0.3) is 0 Å². The number of nitrogens with two attached hydrogens (primary N) is 1. The number of carbonyl (C=O) groups excluding carboxylic acids is 1. The Kier molecular flexibility index (Phi) is 4.06. The first-order valence-electron chi connectivity index (χ1n) is 6.99. The number of carboxylic acids is 1. The van der Waals surface area contributed by atoms with Crippen LogP contribution >= 0.6 is 0 Å². The van der Waals surface area contributed by atoms with Crippen molar-refractivity contribution in [3.05, 3.63) is 18.1 Å². The topological polar surface area (TPSA) is 119 Å². The second-order valence-corrected chi connectivity index (χ2v) is 6.22. The van der Waals surface area contributed by atoms with E-state index in [1.165, 1.54) is 17.3 Å². The molecule has 8 nitrogen and oxygen atoms in total. The van der Waals surface area contributed by atoms with Crippen molar-refractivity contribution in [3.8, 4) is 0 Å². The fraction of sp³-hybridized carbons (Fsp3) is 0.571. The molecule has 1 unspecified atom stereocenters. The summed E-state index contributed by atoms with van der Waals surface area (Å²) in [5, 5.41) is 9.24. The highest BCUT2D eigenvalue weighted by Crippen LogP contribution is 2.32. The molecule has 1 aromatic heterocycles. The number of hydrogen-bond donors (Lipinski definition) is 2. The number of ether oxygens (including phenoxy) is 1. The smallest absolute Gasteiger partial charge is 0.358 e. The van der Waals surface area contributed by atoms with Gasteiger partial charge < -0.3 is 14.7 Å².